The van der Waals surface area contributed by atoms with Gasteiger partial charge in [0.2, 0.25) is 5.95 Å². The molecule has 0 spiro atoms. The summed E-state index contributed by atoms with van der Waals surface area (Å²) in [7, 11) is 3.96. The van der Waals surface area contributed by atoms with E-state index in [1.807, 2.05) is 31.1 Å². The van der Waals surface area contributed by atoms with E-state index in [1.165, 1.54) is 5.56 Å². The zero-order valence-electron chi connectivity index (χ0n) is 16.5. The van der Waals surface area contributed by atoms with Gasteiger partial charge in [-0.15, -0.1) is 0 Å². The molecule has 1 aliphatic rings. The van der Waals surface area contributed by atoms with Crippen molar-refractivity contribution in [2.24, 2.45) is 0 Å². The van der Waals surface area contributed by atoms with Crippen LogP contribution < -0.4 is 20.9 Å². The first-order valence-electron chi connectivity index (χ1n) is 9.51. The molecule has 6 nitrogen and oxygen atoms in total. The van der Waals surface area contributed by atoms with Crippen LogP contribution in [-0.4, -0.2) is 41.3 Å². The third-order valence-electron chi connectivity index (χ3n) is 4.87. The molecule has 0 atom stereocenters. The van der Waals surface area contributed by atoms with Gasteiger partial charge in [-0.3, -0.25) is 0 Å². The maximum Gasteiger partial charge on any atom is 0.224 e. The predicted molar refractivity (Wildman–Crippen MR) is 124 cm³/mol. The largest absolute Gasteiger partial charge is 0.363 e. The molecule has 1 aromatic carbocycles. The third-order valence-corrected chi connectivity index (χ3v) is 5.74. The van der Waals surface area contributed by atoms with Crippen LogP contribution in [0.2, 0.25) is 0 Å². The second-order valence-electron chi connectivity index (χ2n) is 7.41. The van der Waals surface area contributed by atoms with Gasteiger partial charge >= 0.3 is 0 Å². The SMILES string of the molecule is Cc1ccc(NC(=S)NC2CCC(Nc3nccc(N(C)C)n3)CC2)c(Br)c1. The van der Waals surface area contributed by atoms with Crippen LogP contribution in [0.15, 0.2) is 34.9 Å². The standard InChI is InChI=1S/C20H27BrN6S/c1-13-4-9-17(16(21)12-13)25-20(28)24-15-7-5-14(6-8-15)23-19-22-11-10-18(26-19)27(2)3/h4,9-12,14-15H,5-8H2,1-3H3,(H,22,23,26)(H2,24,25,28). The number of thiocarbonyl (C=S) groups is 1. The van der Waals surface area contributed by atoms with Crippen LogP contribution in [0, 0.1) is 6.92 Å². The number of nitrogens with zero attached hydrogens (tertiary/aromatic N) is 3. The molecular formula is C20H27BrN6S. The highest BCUT2D eigenvalue weighted by molar-refractivity contribution is 9.10. The molecule has 1 saturated carbocycles. The number of benzene rings is 1. The second-order valence-corrected chi connectivity index (χ2v) is 8.67. The topological polar surface area (TPSA) is 65.1 Å². The fraction of sp³-hybridized carbons (Fsp3) is 0.450. The Morgan fingerprint density at radius 2 is 1.86 bits per heavy atom. The molecule has 28 heavy (non-hydrogen) atoms. The third kappa shape index (κ3) is 5.78. The Kier molecular flexibility index (Phi) is 7.07. The van der Waals surface area contributed by atoms with E-state index in [9.17, 15) is 0 Å². The van der Waals surface area contributed by atoms with Crippen LogP contribution >= 0.6 is 28.1 Å². The summed E-state index contributed by atoms with van der Waals surface area (Å²) in [4.78, 5) is 10.9. The summed E-state index contributed by atoms with van der Waals surface area (Å²) in [6.45, 7) is 2.07. The number of nitrogens with one attached hydrogen (secondary N) is 3. The summed E-state index contributed by atoms with van der Waals surface area (Å²) in [5.41, 5.74) is 2.19. The van der Waals surface area contributed by atoms with Crippen molar-refractivity contribution >= 4 is 50.7 Å². The highest BCUT2D eigenvalue weighted by Crippen LogP contribution is 2.24. The Morgan fingerprint density at radius 3 is 2.54 bits per heavy atom. The minimum Gasteiger partial charge on any atom is -0.363 e. The molecule has 1 aromatic heterocycles. The molecule has 0 unspecified atom stereocenters. The number of rotatable bonds is 5. The first-order valence-corrected chi connectivity index (χ1v) is 10.7. The van der Waals surface area contributed by atoms with Crippen molar-refractivity contribution in [3.63, 3.8) is 0 Å². The molecule has 2 aromatic rings. The number of hydrogen-bond acceptors (Lipinski definition) is 5. The van der Waals surface area contributed by atoms with Gasteiger partial charge in [-0.05, 0) is 84.5 Å². The molecule has 3 rings (SSSR count). The van der Waals surface area contributed by atoms with E-state index in [-0.39, 0.29) is 0 Å². The highest BCUT2D eigenvalue weighted by Gasteiger charge is 2.22. The fourth-order valence-electron chi connectivity index (χ4n) is 3.30. The van der Waals surface area contributed by atoms with Crippen LogP contribution in [0.25, 0.3) is 0 Å². The molecule has 1 aliphatic carbocycles. The zero-order valence-corrected chi connectivity index (χ0v) is 18.9. The first-order chi connectivity index (χ1) is 13.4. The average Bonchev–Trinajstić information content (AvgIpc) is 2.66. The Labute approximate surface area is 180 Å². The average molecular weight is 463 g/mol. The monoisotopic (exact) mass is 462 g/mol. The number of hydrogen-bond donors (Lipinski definition) is 3. The predicted octanol–water partition coefficient (Wildman–Crippen LogP) is 4.32. The minimum absolute atomic E-state index is 0.385. The molecule has 3 N–H and O–H groups in total. The summed E-state index contributed by atoms with van der Waals surface area (Å²) in [5.74, 6) is 1.61. The van der Waals surface area contributed by atoms with Crippen molar-refractivity contribution < 1.29 is 0 Å². The van der Waals surface area contributed by atoms with E-state index < -0.39 is 0 Å². The van der Waals surface area contributed by atoms with Gasteiger partial charge in [0.05, 0.1) is 5.69 Å². The number of anilines is 3. The lowest BCUT2D eigenvalue weighted by Gasteiger charge is -2.30. The van der Waals surface area contributed by atoms with Crippen LogP contribution in [0.4, 0.5) is 17.5 Å². The van der Waals surface area contributed by atoms with Crippen LogP contribution in [-0.2, 0) is 0 Å². The molecule has 0 radical (unpaired) electrons. The van der Waals surface area contributed by atoms with E-state index in [0.717, 1.165) is 41.7 Å². The van der Waals surface area contributed by atoms with Gasteiger partial charge in [-0.1, -0.05) is 6.07 Å². The maximum absolute atomic E-state index is 5.50. The van der Waals surface area contributed by atoms with Gasteiger partial charge in [0, 0.05) is 36.8 Å². The van der Waals surface area contributed by atoms with Gasteiger partial charge < -0.3 is 20.9 Å². The van der Waals surface area contributed by atoms with Crippen LogP contribution in [0.1, 0.15) is 31.2 Å². The summed E-state index contributed by atoms with van der Waals surface area (Å²) < 4.78 is 1.02. The molecule has 8 heteroatoms. The molecule has 0 aliphatic heterocycles. The number of aromatic nitrogens is 2. The van der Waals surface area contributed by atoms with Crippen molar-refractivity contribution in [3.05, 3.63) is 40.5 Å². The molecule has 0 amide bonds. The van der Waals surface area contributed by atoms with Crippen molar-refractivity contribution in [1.29, 1.82) is 0 Å². The Morgan fingerprint density at radius 1 is 1.14 bits per heavy atom. The highest BCUT2D eigenvalue weighted by atomic mass is 79.9. The minimum atomic E-state index is 0.385. The van der Waals surface area contributed by atoms with E-state index in [4.69, 9.17) is 12.2 Å². The van der Waals surface area contributed by atoms with Crippen molar-refractivity contribution in [2.45, 2.75) is 44.7 Å². The lowest BCUT2D eigenvalue weighted by Crippen LogP contribution is -2.42. The van der Waals surface area contributed by atoms with Gasteiger partial charge in [-0.2, -0.15) is 4.98 Å². The van der Waals surface area contributed by atoms with Crippen LogP contribution in [0.5, 0.6) is 0 Å². The molecule has 0 bridgehead atoms. The van der Waals surface area contributed by atoms with E-state index in [1.54, 1.807) is 6.20 Å². The van der Waals surface area contributed by atoms with Gasteiger partial charge in [0.1, 0.15) is 5.82 Å². The molecule has 1 heterocycles. The summed E-state index contributed by atoms with van der Waals surface area (Å²) in [5, 5.41) is 10.9. The van der Waals surface area contributed by atoms with Gasteiger partial charge in [0.25, 0.3) is 0 Å². The van der Waals surface area contributed by atoms with E-state index >= 15 is 0 Å². The molecular weight excluding hydrogens is 436 g/mol. The molecule has 0 saturated heterocycles. The second kappa shape index (κ2) is 9.52. The van der Waals surface area contributed by atoms with Crippen molar-refractivity contribution in [2.75, 3.05) is 29.6 Å². The van der Waals surface area contributed by atoms with Crippen molar-refractivity contribution in [3.8, 4) is 0 Å². The number of aryl methyl sites for hydroxylation is 1. The fourth-order valence-corrected chi connectivity index (χ4v) is 4.17. The Bertz CT molecular complexity index is 820. The Hall–Kier alpha value is -1.93. The number of halogens is 1. The summed E-state index contributed by atoms with van der Waals surface area (Å²) in [6, 6.07) is 8.87. The normalized spacial score (nSPS) is 19.0. The van der Waals surface area contributed by atoms with Crippen LogP contribution in [0.3, 0.4) is 0 Å². The van der Waals surface area contributed by atoms with Gasteiger partial charge in [0.15, 0.2) is 5.11 Å². The summed E-state index contributed by atoms with van der Waals surface area (Å²) in [6.07, 6.45) is 6.03. The maximum atomic E-state index is 5.50. The quantitative estimate of drug-likeness (QED) is 0.571. The van der Waals surface area contributed by atoms with Crippen molar-refractivity contribution in [1.82, 2.24) is 15.3 Å². The summed E-state index contributed by atoms with van der Waals surface area (Å²) >= 11 is 9.08. The lowest BCUT2D eigenvalue weighted by molar-refractivity contribution is 0.387. The van der Waals surface area contributed by atoms with E-state index in [0.29, 0.717) is 23.1 Å². The lowest BCUT2D eigenvalue weighted by atomic mass is 9.91. The van der Waals surface area contributed by atoms with Gasteiger partial charge in [-0.25, -0.2) is 4.98 Å². The Balaban J connectivity index is 1.46. The molecule has 1 fully saturated rings. The zero-order chi connectivity index (χ0) is 20.1. The first kappa shape index (κ1) is 20.8. The smallest absolute Gasteiger partial charge is 0.224 e. The molecule has 150 valence electrons. The van der Waals surface area contributed by atoms with E-state index in [2.05, 4.69) is 60.9 Å².